The molecular weight excluding hydrogens is 244 g/mol. The molecule has 0 bridgehead atoms. The molecule has 19 heavy (non-hydrogen) atoms. The zero-order valence-electron chi connectivity index (χ0n) is 11.6. The number of hydrogen-bond donors (Lipinski definition) is 1. The Morgan fingerprint density at radius 3 is 2.84 bits per heavy atom. The van der Waals surface area contributed by atoms with Crippen LogP contribution in [-0.4, -0.2) is 43.2 Å². The normalized spacial score (nSPS) is 18.2. The van der Waals surface area contributed by atoms with E-state index >= 15 is 0 Å². The van der Waals surface area contributed by atoms with Gasteiger partial charge in [-0.3, -0.25) is 4.79 Å². The largest absolute Gasteiger partial charge is 0.494 e. The standard InChI is InChI=1S/C14H20N2O3/c1-14(2)9-16(7-8-19-14)13(17)10-5-4-6-11(15)12(10)18-3/h4-6H,7-9,15H2,1-3H3. The summed E-state index contributed by atoms with van der Waals surface area (Å²) in [7, 11) is 1.52. The van der Waals surface area contributed by atoms with Gasteiger partial charge >= 0.3 is 0 Å². The molecule has 5 heteroatoms. The summed E-state index contributed by atoms with van der Waals surface area (Å²) in [6, 6.07) is 5.22. The second kappa shape index (κ2) is 5.09. The molecular formula is C14H20N2O3. The number of carbonyl (C=O) groups is 1. The minimum atomic E-state index is -0.318. The Bertz CT molecular complexity index is 486. The maximum Gasteiger partial charge on any atom is 0.257 e. The summed E-state index contributed by atoms with van der Waals surface area (Å²) in [6.07, 6.45) is 0. The van der Waals surface area contributed by atoms with Crippen LogP contribution in [0.2, 0.25) is 0 Å². The molecule has 104 valence electrons. The second-order valence-corrected chi connectivity index (χ2v) is 5.26. The van der Waals surface area contributed by atoms with E-state index in [0.717, 1.165) is 0 Å². The van der Waals surface area contributed by atoms with Gasteiger partial charge in [-0.1, -0.05) is 6.07 Å². The van der Waals surface area contributed by atoms with E-state index in [9.17, 15) is 4.79 Å². The Morgan fingerprint density at radius 1 is 1.47 bits per heavy atom. The van der Waals surface area contributed by atoms with Gasteiger partial charge in [0.1, 0.15) is 0 Å². The Labute approximate surface area is 113 Å². The number of morpholine rings is 1. The highest BCUT2D eigenvalue weighted by Gasteiger charge is 2.31. The topological polar surface area (TPSA) is 64.8 Å². The van der Waals surface area contributed by atoms with E-state index in [1.807, 2.05) is 13.8 Å². The molecule has 5 nitrogen and oxygen atoms in total. The van der Waals surface area contributed by atoms with Crippen molar-refractivity contribution >= 4 is 11.6 Å². The van der Waals surface area contributed by atoms with Gasteiger partial charge in [-0.25, -0.2) is 0 Å². The Hall–Kier alpha value is -1.75. The molecule has 1 aliphatic heterocycles. The summed E-state index contributed by atoms with van der Waals surface area (Å²) in [5.41, 5.74) is 6.49. The number of hydrogen-bond acceptors (Lipinski definition) is 4. The highest BCUT2D eigenvalue weighted by atomic mass is 16.5. The predicted octanol–water partition coefficient (Wildman–Crippen LogP) is 1.53. The Kier molecular flexibility index (Phi) is 3.66. The SMILES string of the molecule is COc1c(N)cccc1C(=O)N1CCOC(C)(C)C1. The lowest BCUT2D eigenvalue weighted by atomic mass is 10.1. The molecule has 0 radical (unpaired) electrons. The number of nitrogen functional groups attached to an aromatic ring is 1. The molecule has 1 amide bonds. The van der Waals surface area contributed by atoms with Crippen molar-refractivity contribution in [3.63, 3.8) is 0 Å². The summed E-state index contributed by atoms with van der Waals surface area (Å²) in [5.74, 6) is 0.373. The lowest BCUT2D eigenvalue weighted by Crippen LogP contribution is -2.50. The molecule has 2 N–H and O–H groups in total. The maximum atomic E-state index is 12.6. The maximum absolute atomic E-state index is 12.6. The zero-order valence-corrected chi connectivity index (χ0v) is 11.6. The minimum absolute atomic E-state index is 0.0690. The van der Waals surface area contributed by atoms with Crippen molar-refractivity contribution in [3.8, 4) is 5.75 Å². The van der Waals surface area contributed by atoms with E-state index in [0.29, 0.717) is 36.7 Å². The van der Waals surface area contributed by atoms with Crippen molar-refractivity contribution in [2.24, 2.45) is 0 Å². The summed E-state index contributed by atoms with van der Waals surface area (Å²) in [4.78, 5) is 14.3. The van der Waals surface area contributed by atoms with Crippen LogP contribution in [0, 0.1) is 0 Å². The van der Waals surface area contributed by atoms with Crippen molar-refractivity contribution in [2.45, 2.75) is 19.4 Å². The smallest absolute Gasteiger partial charge is 0.257 e. The monoisotopic (exact) mass is 264 g/mol. The van der Waals surface area contributed by atoms with Crippen LogP contribution < -0.4 is 10.5 Å². The molecule has 1 aromatic carbocycles. The van der Waals surface area contributed by atoms with Crippen molar-refractivity contribution in [1.29, 1.82) is 0 Å². The number of methoxy groups -OCH3 is 1. The molecule has 1 fully saturated rings. The first kappa shape index (κ1) is 13.7. The molecule has 2 rings (SSSR count). The fourth-order valence-electron chi connectivity index (χ4n) is 2.31. The third-order valence-electron chi connectivity index (χ3n) is 3.19. The number of nitrogens with zero attached hydrogens (tertiary/aromatic N) is 1. The molecule has 0 aliphatic carbocycles. The summed E-state index contributed by atoms with van der Waals surface area (Å²) in [5, 5.41) is 0. The molecule has 1 heterocycles. The van der Waals surface area contributed by atoms with Crippen LogP contribution in [0.5, 0.6) is 5.75 Å². The van der Waals surface area contributed by atoms with E-state index < -0.39 is 0 Å². The fourth-order valence-corrected chi connectivity index (χ4v) is 2.31. The van der Waals surface area contributed by atoms with Gasteiger partial charge in [0.05, 0.1) is 30.6 Å². The van der Waals surface area contributed by atoms with Crippen molar-refractivity contribution in [3.05, 3.63) is 23.8 Å². The van der Waals surface area contributed by atoms with Crippen LogP contribution >= 0.6 is 0 Å². The van der Waals surface area contributed by atoms with Crippen LogP contribution in [0.15, 0.2) is 18.2 Å². The van der Waals surface area contributed by atoms with Gasteiger partial charge < -0.3 is 20.1 Å². The van der Waals surface area contributed by atoms with E-state index in [-0.39, 0.29) is 11.5 Å². The quantitative estimate of drug-likeness (QED) is 0.823. The zero-order chi connectivity index (χ0) is 14.0. The number of anilines is 1. The number of nitrogens with two attached hydrogens (primary N) is 1. The van der Waals surface area contributed by atoms with Crippen LogP contribution in [-0.2, 0) is 4.74 Å². The van der Waals surface area contributed by atoms with Gasteiger partial charge in [0.2, 0.25) is 0 Å². The van der Waals surface area contributed by atoms with Gasteiger partial charge in [-0.15, -0.1) is 0 Å². The molecule has 0 atom stereocenters. The molecule has 0 aromatic heterocycles. The van der Waals surface area contributed by atoms with Gasteiger partial charge in [0.15, 0.2) is 5.75 Å². The third-order valence-corrected chi connectivity index (χ3v) is 3.19. The summed E-state index contributed by atoms with van der Waals surface area (Å²) < 4.78 is 10.8. The highest BCUT2D eigenvalue weighted by Crippen LogP contribution is 2.28. The minimum Gasteiger partial charge on any atom is -0.494 e. The lowest BCUT2D eigenvalue weighted by Gasteiger charge is -2.38. The number of carbonyl (C=O) groups excluding carboxylic acids is 1. The molecule has 0 saturated carbocycles. The number of para-hydroxylation sites is 1. The fraction of sp³-hybridized carbons (Fsp3) is 0.500. The third kappa shape index (κ3) is 2.81. The number of benzene rings is 1. The van der Waals surface area contributed by atoms with E-state index in [4.69, 9.17) is 15.2 Å². The average molecular weight is 264 g/mol. The van der Waals surface area contributed by atoms with Gasteiger partial charge in [0, 0.05) is 13.1 Å². The highest BCUT2D eigenvalue weighted by molar-refractivity contribution is 5.98. The second-order valence-electron chi connectivity index (χ2n) is 5.26. The first-order chi connectivity index (χ1) is 8.94. The number of ether oxygens (including phenoxy) is 2. The molecule has 1 saturated heterocycles. The molecule has 1 aliphatic rings. The number of rotatable bonds is 2. The van der Waals surface area contributed by atoms with Gasteiger partial charge in [-0.2, -0.15) is 0 Å². The van der Waals surface area contributed by atoms with Crippen molar-refractivity contribution in [2.75, 3.05) is 32.5 Å². The number of amides is 1. The lowest BCUT2D eigenvalue weighted by molar-refractivity contribution is -0.0764. The van der Waals surface area contributed by atoms with E-state index in [1.54, 1.807) is 23.1 Å². The summed E-state index contributed by atoms with van der Waals surface area (Å²) >= 11 is 0. The predicted molar refractivity (Wildman–Crippen MR) is 73.3 cm³/mol. The Morgan fingerprint density at radius 2 is 2.21 bits per heavy atom. The molecule has 0 unspecified atom stereocenters. The van der Waals surface area contributed by atoms with Crippen molar-refractivity contribution in [1.82, 2.24) is 4.90 Å². The van der Waals surface area contributed by atoms with Crippen molar-refractivity contribution < 1.29 is 14.3 Å². The first-order valence-electron chi connectivity index (χ1n) is 6.30. The summed E-state index contributed by atoms with van der Waals surface area (Å²) in [6.45, 7) is 5.64. The van der Waals surface area contributed by atoms with E-state index in [1.165, 1.54) is 7.11 Å². The van der Waals surface area contributed by atoms with Gasteiger partial charge in [0.25, 0.3) is 5.91 Å². The molecule has 1 aromatic rings. The van der Waals surface area contributed by atoms with E-state index in [2.05, 4.69) is 0 Å². The van der Waals surface area contributed by atoms with Crippen LogP contribution in [0.25, 0.3) is 0 Å². The molecule has 0 spiro atoms. The van der Waals surface area contributed by atoms with Crippen LogP contribution in [0.4, 0.5) is 5.69 Å². The van der Waals surface area contributed by atoms with Crippen LogP contribution in [0.3, 0.4) is 0 Å². The van der Waals surface area contributed by atoms with Gasteiger partial charge in [-0.05, 0) is 26.0 Å². The van der Waals surface area contributed by atoms with Crippen LogP contribution in [0.1, 0.15) is 24.2 Å². The Balaban J connectivity index is 2.27. The first-order valence-corrected chi connectivity index (χ1v) is 6.30. The average Bonchev–Trinajstić information content (AvgIpc) is 2.36.